The van der Waals surface area contributed by atoms with Gasteiger partial charge in [-0.05, 0) is 30.3 Å². The van der Waals surface area contributed by atoms with Gasteiger partial charge in [0.05, 0.1) is 0 Å². The Hall–Kier alpha value is -2.54. The summed E-state index contributed by atoms with van der Waals surface area (Å²) in [4.78, 5) is 31.4. The second-order valence-electron chi connectivity index (χ2n) is 6.76. The largest absolute Gasteiger partial charge is 0.338 e. The van der Waals surface area contributed by atoms with Gasteiger partial charge >= 0.3 is 0 Å². The summed E-state index contributed by atoms with van der Waals surface area (Å²) in [7, 11) is 0. The second-order valence-corrected chi connectivity index (χ2v) is 7.67. The van der Waals surface area contributed by atoms with E-state index in [2.05, 4.69) is 26.2 Å². The van der Waals surface area contributed by atoms with E-state index in [1.165, 1.54) is 18.2 Å². The summed E-state index contributed by atoms with van der Waals surface area (Å²) in [6.45, 7) is 0.902. The van der Waals surface area contributed by atoms with Crippen molar-refractivity contribution in [3.8, 4) is 0 Å². The zero-order valence-electron chi connectivity index (χ0n) is 14.4. The highest BCUT2D eigenvalue weighted by atomic mass is 79.9. The first-order chi connectivity index (χ1) is 13.0. The number of hydrogen-bond donors (Lipinski definition) is 1. The van der Waals surface area contributed by atoms with Crippen molar-refractivity contribution in [2.45, 2.75) is 18.5 Å². The molecule has 5 nitrogen and oxygen atoms in total. The molecule has 2 aliphatic heterocycles. The standard InChI is InChI=1S/C20H17BrFN3O2/c21-15-6-4-13(5-7-15)17-18(26)24-20(23-17)8-10-25(11-9-20)19(27)14-2-1-3-16(22)12-14/h1-7,12H,8-11H2,(H,24,26). The number of amides is 2. The lowest BCUT2D eigenvalue weighted by atomic mass is 9.97. The number of halogens is 2. The molecule has 0 aliphatic carbocycles. The number of piperidine rings is 1. The van der Waals surface area contributed by atoms with E-state index in [4.69, 9.17) is 0 Å². The van der Waals surface area contributed by atoms with Crippen molar-refractivity contribution < 1.29 is 14.0 Å². The minimum atomic E-state index is -0.668. The van der Waals surface area contributed by atoms with Gasteiger partial charge in [-0.15, -0.1) is 0 Å². The van der Waals surface area contributed by atoms with Crippen LogP contribution in [0.5, 0.6) is 0 Å². The Morgan fingerprint density at radius 1 is 1.15 bits per heavy atom. The summed E-state index contributed by atoms with van der Waals surface area (Å²) in [5.74, 6) is -0.825. The van der Waals surface area contributed by atoms with E-state index in [0.717, 1.165) is 10.0 Å². The van der Waals surface area contributed by atoms with Crippen LogP contribution in [0.1, 0.15) is 28.8 Å². The van der Waals surface area contributed by atoms with Crippen LogP contribution in [-0.2, 0) is 4.79 Å². The maximum atomic E-state index is 13.4. The van der Waals surface area contributed by atoms with Crippen molar-refractivity contribution in [2.75, 3.05) is 13.1 Å². The second kappa shape index (κ2) is 6.88. The van der Waals surface area contributed by atoms with Crippen LogP contribution < -0.4 is 5.32 Å². The van der Waals surface area contributed by atoms with Crippen molar-refractivity contribution in [3.05, 3.63) is 69.9 Å². The van der Waals surface area contributed by atoms with Gasteiger partial charge in [-0.3, -0.25) is 14.6 Å². The van der Waals surface area contributed by atoms with Crippen LogP contribution in [0.4, 0.5) is 4.39 Å². The fourth-order valence-electron chi connectivity index (χ4n) is 3.49. The molecule has 0 saturated carbocycles. The van der Waals surface area contributed by atoms with Crippen molar-refractivity contribution in [1.82, 2.24) is 10.2 Å². The highest BCUT2D eigenvalue weighted by Crippen LogP contribution is 2.29. The lowest BCUT2D eigenvalue weighted by Gasteiger charge is -2.37. The molecule has 0 radical (unpaired) electrons. The minimum Gasteiger partial charge on any atom is -0.338 e. The van der Waals surface area contributed by atoms with Gasteiger partial charge in [0, 0.05) is 41.5 Å². The number of hydrogen-bond acceptors (Lipinski definition) is 3. The Bertz CT molecular complexity index is 934. The van der Waals surface area contributed by atoms with Crippen molar-refractivity contribution in [3.63, 3.8) is 0 Å². The number of benzene rings is 2. The summed E-state index contributed by atoms with van der Waals surface area (Å²) in [6, 6.07) is 13.1. The summed E-state index contributed by atoms with van der Waals surface area (Å²) in [5.41, 5.74) is 0.858. The fourth-order valence-corrected chi connectivity index (χ4v) is 3.75. The number of carbonyl (C=O) groups excluding carboxylic acids is 2. The summed E-state index contributed by atoms with van der Waals surface area (Å²) >= 11 is 3.38. The predicted molar refractivity (Wildman–Crippen MR) is 103 cm³/mol. The maximum absolute atomic E-state index is 13.4. The third-order valence-corrected chi connectivity index (χ3v) is 5.48. The Morgan fingerprint density at radius 3 is 2.52 bits per heavy atom. The number of carbonyl (C=O) groups is 2. The number of likely N-dealkylation sites (tertiary alicyclic amines) is 1. The Kier molecular flexibility index (Phi) is 4.55. The fraction of sp³-hybridized carbons (Fsp3) is 0.250. The Labute approximate surface area is 164 Å². The number of nitrogens with one attached hydrogen (secondary N) is 1. The van der Waals surface area contributed by atoms with Crippen LogP contribution in [0, 0.1) is 5.82 Å². The predicted octanol–water partition coefficient (Wildman–Crippen LogP) is 3.14. The molecule has 1 N–H and O–H groups in total. The van der Waals surface area contributed by atoms with Crippen LogP contribution in [0.3, 0.4) is 0 Å². The van der Waals surface area contributed by atoms with Crippen LogP contribution in [-0.4, -0.2) is 41.2 Å². The first kappa shape index (κ1) is 17.9. The van der Waals surface area contributed by atoms with Crippen LogP contribution in [0.25, 0.3) is 0 Å². The average Bonchev–Trinajstić information content (AvgIpc) is 2.98. The van der Waals surface area contributed by atoms with Gasteiger partial charge in [0.15, 0.2) is 0 Å². The molecule has 1 spiro atoms. The zero-order chi connectivity index (χ0) is 19.0. The molecule has 27 heavy (non-hydrogen) atoms. The first-order valence-corrected chi connectivity index (χ1v) is 9.48. The van der Waals surface area contributed by atoms with E-state index < -0.39 is 11.5 Å². The van der Waals surface area contributed by atoms with E-state index in [1.807, 2.05) is 24.3 Å². The molecule has 0 atom stereocenters. The lowest BCUT2D eigenvalue weighted by Crippen LogP contribution is -2.52. The van der Waals surface area contributed by atoms with Gasteiger partial charge in [-0.25, -0.2) is 4.39 Å². The van der Waals surface area contributed by atoms with E-state index in [0.29, 0.717) is 37.2 Å². The van der Waals surface area contributed by atoms with Gasteiger partial charge in [0.1, 0.15) is 17.2 Å². The monoisotopic (exact) mass is 429 g/mol. The lowest BCUT2D eigenvalue weighted by molar-refractivity contribution is -0.115. The Morgan fingerprint density at radius 2 is 1.85 bits per heavy atom. The van der Waals surface area contributed by atoms with Crippen molar-refractivity contribution >= 4 is 33.5 Å². The topological polar surface area (TPSA) is 61.8 Å². The summed E-state index contributed by atoms with van der Waals surface area (Å²) in [6.07, 6.45) is 1.06. The van der Waals surface area contributed by atoms with E-state index >= 15 is 0 Å². The molecule has 7 heteroatoms. The maximum Gasteiger partial charge on any atom is 0.272 e. The smallest absolute Gasteiger partial charge is 0.272 e. The third-order valence-electron chi connectivity index (χ3n) is 4.95. The molecule has 2 aromatic rings. The first-order valence-electron chi connectivity index (χ1n) is 8.69. The van der Waals surface area contributed by atoms with E-state index in [1.54, 1.807) is 11.0 Å². The quantitative estimate of drug-likeness (QED) is 0.796. The SMILES string of the molecule is O=C1NC2(CCN(C(=O)c3cccc(F)c3)CC2)N=C1c1ccc(Br)cc1. The van der Waals surface area contributed by atoms with Crippen LogP contribution in [0.2, 0.25) is 0 Å². The molecule has 1 saturated heterocycles. The molecule has 4 rings (SSSR count). The average molecular weight is 430 g/mol. The molecular weight excluding hydrogens is 413 g/mol. The Balaban J connectivity index is 1.49. The minimum absolute atomic E-state index is 0.192. The molecule has 2 aromatic carbocycles. The summed E-state index contributed by atoms with van der Waals surface area (Å²) in [5, 5.41) is 2.99. The van der Waals surface area contributed by atoms with Gasteiger partial charge < -0.3 is 10.2 Å². The number of aliphatic imine (C=N–C) groups is 1. The highest BCUT2D eigenvalue weighted by Gasteiger charge is 2.42. The van der Waals surface area contributed by atoms with Gasteiger partial charge in [0.25, 0.3) is 11.8 Å². The zero-order valence-corrected chi connectivity index (χ0v) is 16.0. The van der Waals surface area contributed by atoms with Crippen molar-refractivity contribution in [2.24, 2.45) is 4.99 Å². The number of nitrogens with zero attached hydrogens (tertiary/aromatic N) is 2. The normalized spacial score (nSPS) is 18.4. The third kappa shape index (κ3) is 3.51. The van der Waals surface area contributed by atoms with E-state index in [9.17, 15) is 14.0 Å². The van der Waals surface area contributed by atoms with Gasteiger partial charge in [-0.1, -0.05) is 34.1 Å². The molecule has 2 aliphatic rings. The highest BCUT2D eigenvalue weighted by molar-refractivity contribution is 9.10. The van der Waals surface area contributed by atoms with Gasteiger partial charge in [0.2, 0.25) is 0 Å². The van der Waals surface area contributed by atoms with Crippen LogP contribution >= 0.6 is 15.9 Å². The van der Waals surface area contributed by atoms with Gasteiger partial charge in [-0.2, -0.15) is 0 Å². The molecule has 2 amide bonds. The molecule has 138 valence electrons. The summed E-state index contributed by atoms with van der Waals surface area (Å²) < 4.78 is 14.3. The molecule has 2 heterocycles. The molecule has 1 fully saturated rings. The van der Waals surface area contributed by atoms with Crippen LogP contribution in [0.15, 0.2) is 58.0 Å². The molecule has 0 bridgehead atoms. The van der Waals surface area contributed by atoms with E-state index in [-0.39, 0.29) is 11.8 Å². The van der Waals surface area contributed by atoms with Crippen molar-refractivity contribution in [1.29, 1.82) is 0 Å². The molecule has 0 unspecified atom stereocenters. The molecular formula is C20H17BrFN3O2. The molecule has 0 aromatic heterocycles. The number of rotatable bonds is 2.